The van der Waals surface area contributed by atoms with Crippen LogP contribution in [0.4, 0.5) is 0 Å². The van der Waals surface area contributed by atoms with Crippen LogP contribution in [0.2, 0.25) is 0 Å². The predicted molar refractivity (Wildman–Crippen MR) is 58.3 cm³/mol. The molecule has 1 aromatic rings. The quantitative estimate of drug-likeness (QED) is 0.779. The number of rotatable bonds is 3. The van der Waals surface area contributed by atoms with Gasteiger partial charge < -0.3 is 20.5 Å². The Labute approximate surface area is 93.5 Å². The molecule has 1 aliphatic heterocycles. The lowest BCUT2D eigenvalue weighted by Gasteiger charge is -2.15. The number of carbonyl (C=O) groups is 1. The SMILES string of the molecule is CNC(C(N)=O)c1cc2c(cc1C)OCO2. The number of amides is 1. The number of hydrogen-bond donors (Lipinski definition) is 2. The van der Waals surface area contributed by atoms with Gasteiger partial charge in [-0.15, -0.1) is 0 Å². The summed E-state index contributed by atoms with van der Waals surface area (Å²) in [6, 6.07) is 3.14. The van der Waals surface area contributed by atoms with E-state index in [1.807, 2.05) is 13.0 Å². The first-order valence-electron chi connectivity index (χ1n) is 5.00. The van der Waals surface area contributed by atoms with Crippen LogP contribution in [0.25, 0.3) is 0 Å². The third-order valence-electron chi connectivity index (χ3n) is 2.65. The Hall–Kier alpha value is -1.75. The Balaban J connectivity index is 2.44. The average molecular weight is 222 g/mol. The number of carbonyl (C=O) groups excluding carboxylic acids is 1. The van der Waals surface area contributed by atoms with Crippen molar-refractivity contribution >= 4 is 5.91 Å². The number of benzene rings is 1. The molecule has 3 N–H and O–H groups in total. The van der Waals surface area contributed by atoms with Crippen LogP contribution >= 0.6 is 0 Å². The summed E-state index contributed by atoms with van der Waals surface area (Å²) in [5, 5.41) is 2.88. The largest absolute Gasteiger partial charge is 0.454 e. The summed E-state index contributed by atoms with van der Waals surface area (Å²) in [6.45, 7) is 2.13. The van der Waals surface area contributed by atoms with Gasteiger partial charge in [-0.05, 0) is 37.2 Å². The highest BCUT2D eigenvalue weighted by atomic mass is 16.7. The van der Waals surface area contributed by atoms with Crippen molar-refractivity contribution in [2.45, 2.75) is 13.0 Å². The van der Waals surface area contributed by atoms with Crippen LogP contribution in [0.15, 0.2) is 12.1 Å². The molecule has 16 heavy (non-hydrogen) atoms. The summed E-state index contributed by atoms with van der Waals surface area (Å²) in [5.41, 5.74) is 7.09. The number of aryl methyl sites for hydroxylation is 1. The Morgan fingerprint density at radius 1 is 1.44 bits per heavy atom. The van der Waals surface area contributed by atoms with E-state index in [0.29, 0.717) is 11.5 Å². The highest BCUT2D eigenvalue weighted by Crippen LogP contribution is 2.36. The second-order valence-corrected chi connectivity index (χ2v) is 3.69. The van der Waals surface area contributed by atoms with Crippen molar-refractivity contribution < 1.29 is 14.3 Å². The van der Waals surface area contributed by atoms with Crippen molar-refractivity contribution in [1.82, 2.24) is 5.32 Å². The number of hydrogen-bond acceptors (Lipinski definition) is 4. The van der Waals surface area contributed by atoms with Crippen LogP contribution < -0.4 is 20.5 Å². The van der Waals surface area contributed by atoms with E-state index < -0.39 is 11.9 Å². The Bertz CT molecular complexity index is 431. The zero-order chi connectivity index (χ0) is 11.7. The fraction of sp³-hybridized carbons (Fsp3) is 0.364. The number of nitrogens with one attached hydrogen (secondary N) is 1. The maximum Gasteiger partial charge on any atom is 0.239 e. The molecule has 1 aromatic carbocycles. The molecule has 5 heteroatoms. The summed E-state index contributed by atoms with van der Waals surface area (Å²) >= 11 is 0. The predicted octanol–water partition coefficient (Wildman–Crippen LogP) is 0.470. The first-order valence-corrected chi connectivity index (χ1v) is 5.00. The molecule has 1 atom stereocenters. The minimum atomic E-state index is -0.505. The van der Waals surface area contributed by atoms with Gasteiger partial charge in [0.15, 0.2) is 11.5 Å². The monoisotopic (exact) mass is 222 g/mol. The Morgan fingerprint density at radius 2 is 2.06 bits per heavy atom. The lowest BCUT2D eigenvalue weighted by molar-refractivity contribution is -0.120. The Morgan fingerprint density at radius 3 is 2.62 bits per heavy atom. The molecule has 0 radical (unpaired) electrons. The lowest BCUT2D eigenvalue weighted by Crippen LogP contribution is -2.31. The number of ether oxygens (including phenoxy) is 2. The van der Waals surface area contributed by atoms with E-state index in [0.717, 1.165) is 11.1 Å². The van der Waals surface area contributed by atoms with E-state index in [1.54, 1.807) is 13.1 Å². The van der Waals surface area contributed by atoms with Crippen molar-refractivity contribution in [3.05, 3.63) is 23.3 Å². The van der Waals surface area contributed by atoms with Crippen molar-refractivity contribution in [3.63, 3.8) is 0 Å². The number of primary amides is 1. The van der Waals surface area contributed by atoms with E-state index in [9.17, 15) is 4.79 Å². The maximum absolute atomic E-state index is 11.3. The molecule has 1 unspecified atom stereocenters. The van der Waals surface area contributed by atoms with Crippen LogP contribution in [-0.4, -0.2) is 19.7 Å². The van der Waals surface area contributed by atoms with Gasteiger partial charge >= 0.3 is 0 Å². The van der Waals surface area contributed by atoms with Gasteiger partial charge in [-0.2, -0.15) is 0 Å². The third kappa shape index (κ3) is 1.69. The van der Waals surface area contributed by atoms with E-state index >= 15 is 0 Å². The van der Waals surface area contributed by atoms with E-state index in [-0.39, 0.29) is 6.79 Å². The summed E-state index contributed by atoms with van der Waals surface area (Å²) < 4.78 is 10.5. The molecule has 1 heterocycles. The fourth-order valence-corrected chi connectivity index (χ4v) is 1.82. The van der Waals surface area contributed by atoms with Gasteiger partial charge in [0.25, 0.3) is 0 Å². The summed E-state index contributed by atoms with van der Waals surface area (Å²) in [5.74, 6) is 0.951. The second-order valence-electron chi connectivity index (χ2n) is 3.69. The molecule has 0 saturated heterocycles. The summed E-state index contributed by atoms with van der Waals surface area (Å²) in [6.07, 6.45) is 0. The molecule has 1 aliphatic rings. The van der Waals surface area contributed by atoms with Gasteiger partial charge in [0, 0.05) is 0 Å². The van der Waals surface area contributed by atoms with Crippen LogP contribution in [-0.2, 0) is 4.79 Å². The summed E-state index contributed by atoms with van der Waals surface area (Å²) in [4.78, 5) is 11.3. The van der Waals surface area contributed by atoms with Crippen molar-refractivity contribution in [1.29, 1.82) is 0 Å². The van der Waals surface area contributed by atoms with Gasteiger partial charge in [0.1, 0.15) is 6.04 Å². The van der Waals surface area contributed by atoms with Gasteiger partial charge in [-0.1, -0.05) is 0 Å². The number of nitrogens with two attached hydrogens (primary N) is 1. The van der Waals surface area contributed by atoms with Crippen molar-refractivity contribution in [3.8, 4) is 11.5 Å². The molecule has 1 amide bonds. The standard InChI is InChI=1S/C11H14N2O3/c1-6-3-8-9(16-5-15-8)4-7(6)10(13-2)11(12)14/h3-4,10,13H,5H2,1-2H3,(H2,12,14). The van der Waals surface area contributed by atoms with Crippen molar-refractivity contribution in [2.24, 2.45) is 5.73 Å². The highest BCUT2D eigenvalue weighted by molar-refractivity contribution is 5.82. The zero-order valence-corrected chi connectivity index (χ0v) is 9.24. The van der Waals surface area contributed by atoms with Crippen LogP contribution in [0, 0.1) is 6.92 Å². The van der Waals surface area contributed by atoms with E-state index in [1.165, 1.54) is 0 Å². The smallest absolute Gasteiger partial charge is 0.239 e. The van der Waals surface area contributed by atoms with E-state index in [4.69, 9.17) is 15.2 Å². The molecular weight excluding hydrogens is 208 g/mol. The normalized spacial score (nSPS) is 14.9. The van der Waals surface area contributed by atoms with Crippen LogP contribution in [0.1, 0.15) is 17.2 Å². The van der Waals surface area contributed by atoms with Gasteiger partial charge in [0.05, 0.1) is 0 Å². The lowest BCUT2D eigenvalue weighted by atomic mass is 10.00. The molecule has 0 bridgehead atoms. The van der Waals surface area contributed by atoms with Gasteiger partial charge in [-0.3, -0.25) is 4.79 Å². The van der Waals surface area contributed by atoms with Gasteiger partial charge in [-0.25, -0.2) is 0 Å². The second kappa shape index (κ2) is 4.02. The molecule has 0 aliphatic carbocycles. The number of likely N-dealkylation sites (N-methyl/N-ethyl adjacent to an activating group) is 1. The first kappa shape index (κ1) is 10.8. The van der Waals surface area contributed by atoms with Crippen LogP contribution in [0.3, 0.4) is 0 Å². The molecular formula is C11H14N2O3. The molecule has 0 saturated carbocycles. The van der Waals surface area contributed by atoms with Crippen molar-refractivity contribution in [2.75, 3.05) is 13.8 Å². The molecule has 0 fully saturated rings. The molecule has 2 rings (SSSR count). The molecule has 0 aromatic heterocycles. The third-order valence-corrected chi connectivity index (χ3v) is 2.65. The molecule has 0 spiro atoms. The minimum absolute atomic E-state index is 0.221. The Kier molecular flexibility index (Phi) is 2.70. The number of fused-ring (bicyclic) bond motifs is 1. The summed E-state index contributed by atoms with van der Waals surface area (Å²) in [7, 11) is 1.69. The molecule has 5 nitrogen and oxygen atoms in total. The highest BCUT2D eigenvalue weighted by Gasteiger charge is 2.22. The van der Waals surface area contributed by atoms with E-state index in [2.05, 4.69) is 5.32 Å². The maximum atomic E-state index is 11.3. The van der Waals surface area contributed by atoms with Gasteiger partial charge in [0.2, 0.25) is 12.7 Å². The average Bonchev–Trinajstić information content (AvgIpc) is 2.65. The van der Waals surface area contributed by atoms with Crippen LogP contribution in [0.5, 0.6) is 11.5 Å². The topological polar surface area (TPSA) is 73.6 Å². The first-order chi connectivity index (χ1) is 7.63. The zero-order valence-electron chi connectivity index (χ0n) is 9.24. The molecule has 86 valence electrons. The fourth-order valence-electron chi connectivity index (χ4n) is 1.82. The minimum Gasteiger partial charge on any atom is -0.454 e.